The molecule has 3 aromatic heterocycles. The van der Waals surface area contributed by atoms with Crippen LogP contribution in [0.4, 0.5) is 0 Å². The fraction of sp³-hybridized carbons (Fsp3) is 0.267. The highest BCUT2D eigenvalue weighted by Gasteiger charge is 2.11. The second-order valence-electron chi connectivity index (χ2n) is 4.91. The van der Waals surface area contributed by atoms with E-state index in [1.165, 1.54) is 11.3 Å². The zero-order valence-electron chi connectivity index (χ0n) is 12.5. The van der Waals surface area contributed by atoms with Gasteiger partial charge in [-0.2, -0.15) is 4.98 Å². The first-order valence-corrected chi connectivity index (χ1v) is 7.99. The highest BCUT2D eigenvalue weighted by atomic mass is 32.1. The first-order chi connectivity index (χ1) is 11.2. The van der Waals surface area contributed by atoms with Crippen LogP contribution < -0.4 is 5.32 Å². The summed E-state index contributed by atoms with van der Waals surface area (Å²) in [6.07, 6.45) is 4.03. The number of aromatic nitrogens is 4. The molecule has 1 N–H and O–H groups in total. The van der Waals surface area contributed by atoms with Crippen LogP contribution in [0.25, 0.3) is 11.4 Å². The van der Waals surface area contributed by atoms with E-state index in [0.717, 1.165) is 16.3 Å². The van der Waals surface area contributed by atoms with Gasteiger partial charge in [0, 0.05) is 41.9 Å². The lowest BCUT2D eigenvalue weighted by Crippen LogP contribution is -2.22. The highest BCUT2D eigenvalue weighted by molar-refractivity contribution is 7.09. The molecule has 0 atom stereocenters. The number of pyridine rings is 1. The third-order valence-corrected chi connectivity index (χ3v) is 4.04. The van der Waals surface area contributed by atoms with E-state index in [4.69, 9.17) is 4.52 Å². The van der Waals surface area contributed by atoms with Gasteiger partial charge in [-0.25, -0.2) is 4.98 Å². The number of carbonyl (C=O) groups excluding carboxylic acids is 1. The van der Waals surface area contributed by atoms with Gasteiger partial charge in [0.25, 0.3) is 0 Å². The molecule has 3 heterocycles. The lowest BCUT2D eigenvalue weighted by molar-refractivity contribution is -0.121. The van der Waals surface area contributed by atoms with E-state index in [0.29, 0.717) is 31.1 Å². The molecular formula is C15H15N5O2S. The third-order valence-electron chi connectivity index (χ3n) is 3.08. The lowest BCUT2D eigenvalue weighted by Gasteiger charge is -2.00. The molecule has 1 amide bonds. The highest BCUT2D eigenvalue weighted by Crippen LogP contribution is 2.14. The van der Waals surface area contributed by atoms with E-state index in [-0.39, 0.29) is 5.91 Å². The van der Waals surface area contributed by atoms with Crippen molar-refractivity contribution in [3.05, 3.63) is 46.5 Å². The Kier molecular flexibility index (Phi) is 4.72. The number of nitrogens with zero attached hydrogens (tertiary/aromatic N) is 4. The van der Waals surface area contributed by atoms with Crippen molar-refractivity contribution in [2.24, 2.45) is 0 Å². The van der Waals surface area contributed by atoms with Gasteiger partial charge in [-0.3, -0.25) is 9.78 Å². The molecule has 0 radical (unpaired) electrons. The summed E-state index contributed by atoms with van der Waals surface area (Å²) in [5.41, 5.74) is 1.80. The fourth-order valence-electron chi connectivity index (χ4n) is 1.94. The van der Waals surface area contributed by atoms with Crippen LogP contribution in [0.15, 0.2) is 34.4 Å². The summed E-state index contributed by atoms with van der Waals surface area (Å²) in [7, 11) is 0. The summed E-state index contributed by atoms with van der Waals surface area (Å²) in [5.74, 6) is 0.875. The second kappa shape index (κ2) is 7.10. The number of amides is 1. The van der Waals surface area contributed by atoms with Gasteiger partial charge < -0.3 is 9.84 Å². The molecule has 23 heavy (non-hydrogen) atoms. The van der Waals surface area contributed by atoms with Gasteiger partial charge in [-0.15, -0.1) is 11.3 Å². The summed E-state index contributed by atoms with van der Waals surface area (Å²) < 4.78 is 5.16. The van der Waals surface area contributed by atoms with Crippen LogP contribution in [0.3, 0.4) is 0 Å². The molecule has 7 nitrogen and oxygen atoms in total. The molecule has 0 unspecified atom stereocenters. The van der Waals surface area contributed by atoms with Crippen LogP contribution in [0.1, 0.15) is 23.0 Å². The van der Waals surface area contributed by atoms with E-state index >= 15 is 0 Å². The first-order valence-electron chi connectivity index (χ1n) is 7.11. The summed E-state index contributed by atoms with van der Waals surface area (Å²) in [5, 5.41) is 9.59. The number of nitrogens with one attached hydrogen (secondary N) is 1. The minimum atomic E-state index is -0.0680. The maximum absolute atomic E-state index is 11.8. The SMILES string of the molecule is Cc1csc(CNC(=O)CCc2nc(-c3ccncc3)no2)n1. The van der Waals surface area contributed by atoms with Gasteiger partial charge in [0.1, 0.15) is 5.01 Å². The minimum Gasteiger partial charge on any atom is -0.350 e. The molecular weight excluding hydrogens is 314 g/mol. The van der Waals surface area contributed by atoms with Crippen molar-refractivity contribution in [1.29, 1.82) is 0 Å². The molecule has 0 aliphatic carbocycles. The first kappa shape index (κ1) is 15.3. The van der Waals surface area contributed by atoms with E-state index in [1.807, 2.05) is 12.3 Å². The fourth-order valence-corrected chi connectivity index (χ4v) is 2.65. The van der Waals surface area contributed by atoms with Gasteiger partial charge in [-0.05, 0) is 19.1 Å². The molecule has 118 valence electrons. The molecule has 0 aliphatic heterocycles. The Labute approximate surface area is 136 Å². The van der Waals surface area contributed by atoms with E-state index in [9.17, 15) is 4.79 Å². The molecule has 0 aromatic carbocycles. The monoisotopic (exact) mass is 329 g/mol. The Balaban J connectivity index is 1.48. The standard InChI is InChI=1S/C15H15N5O2S/c1-10-9-23-14(18-10)8-17-12(21)2-3-13-19-15(20-22-13)11-4-6-16-7-5-11/h4-7,9H,2-3,8H2,1H3,(H,17,21). The van der Waals surface area contributed by atoms with Crippen molar-refractivity contribution in [2.45, 2.75) is 26.3 Å². The molecule has 3 aromatic rings. The quantitative estimate of drug-likeness (QED) is 0.744. The van der Waals surface area contributed by atoms with Crippen molar-refractivity contribution in [3.8, 4) is 11.4 Å². The second-order valence-corrected chi connectivity index (χ2v) is 5.85. The van der Waals surface area contributed by atoms with Crippen molar-refractivity contribution in [2.75, 3.05) is 0 Å². The van der Waals surface area contributed by atoms with Gasteiger partial charge in [0.05, 0.1) is 6.54 Å². The van der Waals surface area contributed by atoms with Crippen LogP contribution in [0.5, 0.6) is 0 Å². The van der Waals surface area contributed by atoms with Gasteiger partial charge in [0.2, 0.25) is 17.6 Å². The topological polar surface area (TPSA) is 93.8 Å². The third kappa shape index (κ3) is 4.19. The van der Waals surface area contributed by atoms with E-state index in [1.54, 1.807) is 24.5 Å². The zero-order valence-corrected chi connectivity index (χ0v) is 13.3. The van der Waals surface area contributed by atoms with Crippen molar-refractivity contribution >= 4 is 17.2 Å². The number of hydrogen-bond donors (Lipinski definition) is 1. The maximum Gasteiger partial charge on any atom is 0.227 e. The predicted molar refractivity (Wildman–Crippen MR) is 84.5 cm³/mol. The molecule has 0 aliphatic rings. The number of thiazole rings is 1. The Hall–Kier alpha value is -2.61. The summed E-state index contributed by atoms with van der Waals surface area (Å²) in [6, 6.07) is 3.61. The summed E-state index contributed by atoms with van der Waals surface area (Å²) in [6.45, 7) is 2.38. The van der Waals surface area contributed by atoms with E-state index < -0.39 is 0 Å². The predicted octanol–water partition coefficient (Wildman–Crippen LogP) is 2.15. The van der Waals surface area contributed by atoms with Crippen LogP contribution in [-0.2, 0) is 17.8 Å². The Morgan fingerprint density at radius 1 is 1.30 bits per heavy atom. The normalized spacial score (nSPS) is 10.7. The molecule has 0 bridgehead atoms. The molecule has 0 saturated heterocycles. The van der Waals surface area contributed by atoms with Crippen molar-refractivity contribution in [3.63, 3.8) is 0 Å². The average molecular weight is 329 g/mol. The number of hydrogen-bond acceptors (Lipinski definition) is 7. The molecule has 0 saturated carbocycles. The van der Waals surface area contributed by atoms with E-state index in [2.05, 4.69) is 25.4 Å². The summed E-state index contributed by atoms with van der Waals surface area (Å²) in [4.78, 5) is 24.4. The van der Waals surface area contributed by atoms with Crippen LogP contribution in [-0.4, -0.2) is 26.0 Å². The van der Waals surface area contributed by atoms with Gasteiger partial charge in [0.15, 0.2) is 0 Å². The lowest BCUT2D eigenvalue weighted by atomic mass is 10.2. The Morgan fingerprint density at radius 2 is 2.13 bits per heavy atom. The minimum absolute atomic E-state index is 0.0680. The molecule has 8 heteroatoms. The van der Waals surface area contributed by atoms with Crippen LogP contribution in [0, 0.1) is 6.92 Å². The smallest absolute Gasteiger partial charge is 0.227 e. The van der Waals surface area contributed by atoms with Gasteiger partial charge >= 0.3 is 0 Å². The Bertz CT molecular complexity index is 784. The Morgan fingerprint density at radius 3 is 2.87 bits per heavy atom. The van der Waals surface area contributed by atoms with Gasteiger partial charge in [-0.1, -0.05) is 5.16 Å². The van der Waals surface area contributed by atoms with Crippen LogP contribution in [0.2, 0.25) is 0 Å². The van der Waals surface area contributed by atoms with Crippen molar-refractivity contribution < 1.29 is 9.32 Å². The maximum atomic E-state index is 11.8. The average Bonchev–Trinajstić information content (AvgIpc) is 3.21. The molecule has 3 rings (SSSR count). The number of carbonyl (C=O) groups is 1. The van der Waals surface area contributed by atoms with Crippen molar-refractivity contribution in [1.82, 2.24) is 25.4 Å². The molecule has 0 spiro atoms. The molecule has 0 fully saturated rings. The van der Waals surface area contributed by atoms with Crippen LogP contribution >= 0.6 is 11.3 Å². The largest absolute Gasteiger partial charge is 0.350 e. The summed E-state index contributed by atoms with van der Waals surface area (Å²) >= 11 is 1.54. The zero-order chi connectivity index (χ0) is 16.1. The number of aryl methyl sites for hydroxylation is 2. The number of rotatable bonds is 6.